The van der Waals surface area contributed by atoms with Crippen molar-refractivity contribution in [2.75, 3.05) is 19.5 Å². The molecule has 104 valence electrons. The van der Waals surface area contributed by atoms with Crippen LogP contribution in [0.15, 0.2) is 24.3 Å². The summed E-state index contributed by atoms with van der Waals surface area (Å²) in [7, 11) is 1.38. The van der Waals surface area contributed by atoms with Gasteiger partial charge in [0.15, 0.2) is 0 Å². The molecule has 0 unspecified atom stereocenters. The van der Waals surface area contributed by atoms with Crippen LogP contribution in [0.4, 0.5) is 5.69 Å². The molecule has 0 aliphatic heterocycles. The van der Waals surface area contributed by atoms with Crippen LogP contribution in [0.25, 0.3) is 0 Å². The number of ether oxygens (including phenoxy) is 2. The lowest BCUT2D eigenvalue weighted by molar-refractivity contribution is -0.148. The molecule has 1 fully saturated rings. The molecule has 0 spiro atoms. The first-order chi connectivity index (χ1) is 9.19. The predicted molar refractivity (Wildman–Crippen MR) is 73.8 cm³/mol. The van der Waals surface area contributed by atoms with E-state index in [2.05, 4.69) is 16.9 Å². The van der Waals surface area contributed by atoms with Crippen LogP contribution in [-0.4, -0.2) is 25.8 Å². The number of nitrogens with two attached hydrogens (primary N) is 1. The van der Waals surface area contributed by atoms with Crippen LogP contribution < -0.4 is 5.73 Å². The van der Waals surface area contributed by atoms with Crippen molar-refractivity contribution >= 4 is 11.7 Å². The van der Waals surface area contributed by atoms with Crippen molar-refractivity contribution in [2.45, 2.75) is 37.7 Å². The Kier molecular flexibility index (Phi) is 4.80. The number of rotatable bonds is 4. The van der Waals surface area contributed by atoms with Gasteiger partial charge in [0.05, 0.1) is 13.2 Å². The summed E-state index contributed by atoms with van der Waals surface area (Å²) in [5, 5.41) is 0. The van der Waals surface area contributed by atoms with Gasteiger partial charge in [-0.05, 0) is 49.3 Å². The fourth-order valence-corrected chi connectivity index (χ4v) is 2.58. The summed E-state index contributed by atoms with van der Waals surface area (Å²) in [6.45, 7) is 0.0632. The molecule has 0 aromatic heterocycles. The Morgan fingerprint density at radius 1 is 1.21 bits per heavy atom. The van der Waals surface area contributed by atoms with Gasteiger partial charge in [-0.15, -0.1) is 0 Å². The molecule has 0 amide bonds. The van der Waals surface area contributed by atoms with Crippen LogP contribution in [0.5, 0.6) is 0 Å². The van der Waals surface area contributed by atoms with Crippen molar-refractivity contribution in [2.24, 2.45) is 0 Å². The molecule has 4 heteroatoms. The predicted octanol–water partition coefficient (Wildman–Crippen LogP) is 2.48. The Hall–Kier alpha value is -1.55. The average molecular weight is 263 g/mol. The SMILES string of the molecule is COC(=O)COC1CCC(c2ccc(N)cc2)CC1. The molecule has 1 aromatic carbocycles. The van der Waals surface area contributed by atoms with Gasteiger partial charge in [0.2, 0.25) is 0 Å². The van der Waals surface area contributed by atoms with Gasteiger partial charge in [-0.1, -0.05) is 12.1 Å². The first kappa shape index (κ1) is 13.9. The van der Waals surface area contributed by atoms with E-state index in [-0.39, 0.29) is 18.7 Å². The summed E-state index contributed by atoms with van der Waals surface area (Å²) >= 11 is 0. The van der Waals surface area contributed by atoms with Gasteiger partial charge in [-0.2, -0.15) is 0 Å². The number of esters is 1. The highest BCUT2D eigenvalue weighted by Crippen LogP contribution is 2.34. The second-order valence-electron chi connectivity index (χ2n) is 5.03. The van der Waals surface area contributed by atoms with Gasteiger partial charge in [0.25, 0.3) is 0 Å². The highest BCUT2D eigenvalue weighted by molar-refractivity contribution is 5.70. The monoisotopic (exact) mass is 263 g/mol. The van der Waals surface area contributed by atoms with Crippen molar-refractivity contribution in [1.82, 2.24) is 0 Å². The van der Waals surface area contributed by atoms with Crippen LogP contribution in [-0.2, 0) is 14.3 Å². The van der Waals surface area contributed by atoms with Crippen LogP contribution >= 0.6 is 0 Å². The first-order valence-corrected chi connectivity index (χ1v) is 6.73. The second kappa shape index (κ2) is 6.57. The number of hydrogen-bond donors (Lipinski definition) is 1. The van der Waals surface area contributed by atoms with Crippen molar-refractivity contribution in [3.05, 3.63) is 29.8 Å². The Bertz CT molecular complexity index is 408. The lowest BCUT2D eigenvalue weighted by atomic mass is 9.83. The fraction of sp³-hybridized carbons (Fsp3) is 0.533. The van der Waals surface area contributed by atoms with Crippen LogP contribution in [0.3, 0.4) is 0 Å². The van der Waals surface area contributed by atoms with E-state index in [1.165, 1.54) is 12.7 Å². The average Bonchev–Trinajstić information content (AvgIpc) is 2.46. The minimum absolute atomic E-state index is 0.0632. The number of benzene rings is 1. The van der Waals surface area contributed by atoms with Gasteiger partial charge in [-0.3, -0.25) is 0 Å². The van der Waals surface area contributed by atoms with Crippen LogP contribution in [0.2, 0.25) is 0 Å². The molecular weight excluding hydrogens is 242 g/mol. The number of nitrogen functional groups attached to an aromatic ring is 1. The smallest absolute Gasteiger partial charge is 0.331 e. The molecule has 1 aliphatic rings. The maximum absolute atomic E-state index is 11.0. The van der Waals surface area contributed by atoms with E-state index in [1.807, 2.05) is 12.1 Å². The van der Waals surface area contributed by atoms with Crippen LogP contribution in [0, 0.1) is 0 Å². The highest BCUT2D eigenvalue weighted by atomic mass is 16.6. The number of methoxy groups -OCH3 is 1. The molecule has 2 N–H and O–H groups in total. The zero-order valence-electron chi connectivity index (χ0n) is 11.3. The molecule has 1 aromatic rings. The Balaban J connectivity index is 1.79. The molecule has 0 radical (unpaired) electrons. The van der Waals surface area contributed by atoms with E-state index in [9.17, 15) is 4.79 Å². The third-order valence-electron chi connectivity index (χ3n) is 3.75. The molecule has 19 heavy (non-hydrogen) atoms. The second-order valence-corrected chi connectivity index (χ2v) is 5.03. The normalized spacial score (nSPS) is 23.0. The summed E-state index contributed by atoms with van der Waals surface area (Å²) in [6.07, 6.45) is 4.35. The lowest BCUT2D eigenvalue weighted by Crippen LogP contribution is -2.24. The molecule has 0 heterocycles. The van der Waals surface area contributed by atoms with Gasteiger partial charge >= 0.3 is 5.97 Å². The first-order valence-electron chi connectivity index (χ1n) is 6.73. The Morgan fingerprint density at radius 2 is 1.84 bits per heavy atom. The zero-order chi connectivity index (χ0) is 13.7. The van der Waals surface area contributed by atoms with E-state index in [0.717, 1.165) is 31.4 Å². The van der Waals surface area contributed by atoms with Crippen molar-refractivity contribution < 1.29 is 14.3 Å². The summed E-state index contributed by atoms with van der Waals surface area (Å²) in [5.41, 5.74) is 7.85. The van der Waals surface area contributed by atoms with Gasteiger partial charge in [0.1, 0.15) is 6.61 Å². The molecule has 0 atom stereocenters. The Morgan fingerprint density at radius 3 is 2.42 bits per heavy atom. The summed E-state index contributed by atoms with van der Waals surface area (Å²) in [4.78, 5) is 11.0. The standard InChI is InChI=1S/C15H21NO3/c1-18-15(17)10-19-14-8-4-12(5-9-14)11-2-6-13(16)7-3-11/h2-3,6-7,12,14H,4-5,8-10,16H2,1H3. The third kappa shape index (κ3) is 3.96. The molecule has 0 saturated heterocycles. The number of carbonyl (C=O) groups excluding carboxylic acids is 1. The Labute approximate surface area is 113 Å². The number of hydrogen-bond acceptors (Lipinski definition) is 4. The highest BCUT2D eigenvalue weighted by Gasteiger charge is 2.23. The molecule has 1 saturated carbocycles. The van der Waals surface area contributed by atoms with Crippen LogP contribution in [0.1, 0.15) is 37.2 Å². The summed E-state index contributed by atoms with van der Waals surface area (Å²) in [5.74, 6) is 0.277. The van der Waals surface area contributed by atoms with E-state index < -0.39 is 0 Å². The molecule has 4 nitrogen and oxygen atoms in total. The largest absolute Gasteiger partial charge is 0.467 e. The summed E-state index contributed by atoms with van der Waals surface area (Å²) in [6, 6.07) is 8.12. The van der Waals surface area contributed by atoms with Crippen molar-refractivity contribution in [3.63, 3.8) is 0 Å². The van der Waals surface area contributed by atoms with E-state index >= 15 is 0 Å². The zero-order valence-corrected chi connectivity index (χ0v) is 11.3. The van der Waals surface area contributed by atoms with E-state index in [1.54, 1.807) is 0 Å². The number of carbonyl (C=O) groups is 1. The quantitative estimate of drug-likeness (QED) is 0.669. The lowest BCUT2D eigenvalue weighted by Gasteiger charge is -2.28. The fourth-order valence-electron chi connectivity index (χ4n) is 2.58. The van der Waals surface area contributed by atoms with E-state index in [0.29, 0.717) is 5.92 Å². The minimum Gasteiger partial charge on any atom is -0.467 e. The molecule has 2 rings (SSSR count). The molecule has 0 bridgehead atoms. The van der Waals surface area contributed by atoms with Crippen molar-refractivity contribution in [1.29, 1.82) is 0 Å². The minimum atomic E-state index is -0.305. The van der Waals surface area contributed by atoms with Crippen molar-refractivity contribution in [3.8, 4) is 0 Å². The van der Waals surface area contributed by atoms with Gasteiger partial charge in [-0.25, -0.2) is 4.79 Å². The topological polar surface area (TPSA) is 61.5 Å². The molecular formula is C15H21NO3. The number of anilines is 1. The van der Waals surface area contributed by atoms with Gasteiger partial charge in [0, 0.05) is 5.69 Å². The maximum atomic E-state index is 11.0. The van der Waals surface area contributed by atoms with E-state index in [4.69, 9.17) is 10.5 Å². The maximum Gasteiger partial charge on any atom is 0.331 e. The molecule has 1 aliphatic carbocycles. The third-order valence-corrected chi connectivity index (χ3v) is 3.75. The summed E-state index contributed by atoms with van der Waals surface area (Å²) < 4.78 is 10.1. The van der Waals surface area contributed by atoms with Gasteiger partial charge < -0.3 is 15.2 Å².